The number of unbranched alkanes of at least 4 members (excludes halogenated alkanes) is 53. The molecule has 0 fully saturated rings. The molecular formula is C71H136O6. The van der Waals surface area contributed by atoms with Gasteiger partial charge >= 0.3 is 17.9 Å². The van der Waals surface area contributed by atoms with E-state index in [-0.39, 0.29) is 31.1 Å². The van der Waals surface area contributed by atoms with Crippen LogP contribution in [-0.2, 0) is 28.6 Å². The third kappa shape index (κ3) is 64.9. The van der Waals surface area contributed by atoms with E-state index in [1.165, 1.54) is 308 Å². The van der Waals surface area contributed by atoms with Crippen LogP contribution in [0.15, 0.2) is 12.2 Å². The fourth-order valence-corrected chi connectivity index (χ4v) is 11.0. The Morgan fingerprint density at radius 2 is 0.429 bits per heavy atom. The van der Waals surface area contributed by atoms with Crippen LogP contribution in [0.2, 0.25) is 0 Å². The lowest BCUT2D eigenvalue weighted by Crippen LogP contribution is -2.30. The summed E-state index contributed by atoms with van der Waals surface area (Å²) >= 11 is 0. The molecule has 0 amide bonds. The Labute approximate surface area is 481 Å². The van der Waals surface area contributed by atoms with Gasteiger partial charge in [0, 0.05) is 19.3 Å². The Bertz CT molecular complexity index is 1200. The van der Waals surface area contributed by atoms with Gasteiger partial charge in [-0.2, -0.15) is 0 Å². The smallest absolute Gasteiger partial charge is 0.306 e. The lowest BCUT2D eigenvalue weighted by molar-refractivity contribution is -0.167. The van der Waals surface area contributed by atoms with E-state index in [0.29, 0.717) is 19.3 Å². The van der Waals surface area contributed by atoms with Crippen LogP contribution in [0.3, 0.4) is 0 Å². The van der Waals surface area contributed by atoms with Gasteiger partial charge in [0.2, 0.25) is 0 Å². The Morgan fingerprint density at radius 1 is 0.247 bits per heavy atom. The predicted molar refractivity (Wildman–Crippen MR) is 335 cm³/mol. The van der Waals surface area contributed by atoms with Crippen molar-refractivity contribution in [1.82, 2.24) is 0 Å². The molecule has 6 nitrogen and oxygen atoms in total. The number of hydrogen-bond donors (Lipinski definition) is 0. The standard InChI is InChI=1S/C71H136O6/c1-4-7-10-13-16-19-22-25-28-30-32-33-34-35-36-37-38-40-41-43-46-49-52-55-58-61-64-70(73)76-67-68(66-75-69(72)63-60-57-54-51-48-45-27-24-21-18-15-12-9-6-3)77-71(74)65-62-59-56-53-50-47-44-42-39-31-29-26-23-20-17-14-11-8-5-2/h26,29,68H,4-25,27-28,30-67H2,1-3H3/b29-26-. The minimum Gasteiger partial charge on any atom is -0.462 e. The molecule has 456 valence electrons. The van der Waals surface area contributed by atoms with Crippen molar-refractivity contribution in [2.24, 2.45) is 0 Å². The summed E-state index contributed by atoms with van der Waals surface area (Å²) in [6.45, 7) is 6.72. The van der Waals surface area contributed by atoms with E-state index in [0.717, 1.165) is 57.8 Å². The zero-order chi connectivity index (χ0) is 55.7. The van der Waals surface area contributed by atoms with Gasteiger partial charge in [-0.3, -0.25) is 14.4 Å². The molecule has 77 heavy (non-hydrogen) atoms. The van der Waals surface area contributed by atoms with Crippen molar-refractivity contribution in [2.75, 3.05) is 13.2 Å². The van der Waals surface area contributed by atoms with Crippen molar-refractivity contribution in [1.29, 1.82) is 0 Å². The van der Waals surface area contributed by atoms with E-state index in [1.54, 1.807) is 0 Å². The second kappa shape index (κ2) is 66.7. The third-order valence-corrected chi connectivity index (χ3v) is 16.3. The Morgan fingerprint density at radius 3 is 0.649 bits per heavy atom. The maximum atomic E-state index is 12.9. The first kappa shape index (κ1) is 75.2. The second-order valence-electron chi connectivity index (χ2n) is 24.2. The van der Waals surface area contributed by atoms with E-state index < -0.39 is 6.10 Å². The Kier molecular flexibility index (Phi) is 65.1. The minimum atomic E-state index is -0.767. The van der Waals surface area contributed by atoms with E-state index in [2.05, 4.69) is 32.9 Å². The van der Waals surface area contributed by atoms with Gasteiger partial charge in [-0.1, -0.05) is 354 Å². The third-order valence-electron chi connectivity index (χ3n) is 16.3. The Balaban J connectivity index is 4.21. The summed E-state index contributed by atoms with van der Waals surface area (Å²) in [5.41, 5.74) is 0. The maximum absolute atomic E-state index is 12.9. The van der Waals surface area contributed by atoms with Crippen molar-refractivity contribution >= 4 is 17.9 Å². The largest absolute Gasteiger partial charge is 0.462 e. The van der Waals surface area contributed by atoms with Crippen molar-refractivity contribution < 1.29 is 28.6 Å². The molecule has 0 saturated carbocycles. The number of rotatable bonds is 66. The van der Waals surface area contributed by atoms with Crippen molar-refractivity contribution in [3.63, 3.8) is 0 Å². The fraction of sp³-hybridized carbons (Fsp3) is 0.930. The van der Waals surface area contributed by atoms with Gasteiger partial charge in [-0.05, 0) is 44.9 Å². The molecule has 0 bridgehead atoms. The molecular weight excluding hydrogens is 949 g/mol. The number of allylic oxidation sites excluding steroid dienone is 2. The van der Waals surface area contributed by atoms with Gasteiger partial charge in [0.25, 0.3) is 0 Å². The predicted octanol–water partition coefficient (Wildman–Crippen LogP) is 24.0. The van der Waals surface area contributed by atoms with Gasteiger partial charge < -0.3 is 14.2 Å². The maximum Gasteiger partial charge on any atom is 0.306 e. The van der Waals surface area contributed by atoms with Crippen LogP contribution in [0.4, 0.5) is 0 Å². The molecule has 0 aliphatic heterocycles. The number of ether oxygens (including phenoxy) is 3. The number of hydrogen-bond acceptors (Lipinski definition) is 6. The second-order valence-corrected chi connectivity index (χ2v) is 24.2. The highest BCUT2D eigenvalue weighted by Crippen LogP contribution is 2.19. The monoisotopic (exact) mass is 1090 g/mol. The SMILES string of the molecule is CCCCCCCC/C=C\CCCCCCCCCCCC(=O)OC(COC(=O)CCCCCCCCCCCCCCCC)COC(=O)CCCCCCCCCCCCCCCCCCCCCCCCCCCC. The summed E-state index contributed by atoms with van der Waals surface area (Å²) in [7, 11) is 0. The molecule has 6 heteroatoms. The van der Waals surface area contributed by atoms with Crippen LogP contribution in [0.5, 0.6) is 0 Å². The zero-order valence-corrected chi connectivity index (χ0v) is 52.5. The zero-order valence-electron chi connectivity index (χ0n) is 52.5. The molecule has 0 aromatic carbocycles. The molecule has 1 unspecified atom stereocenters. The molecule has 0 aromatic rings. The van der Waals surface area contributed by atoms with Gasteiger partial charge in [0.05, 0.1) is 0 Å². The van der Waals surface area contributed by atoms with E-state index >= 15 is 0 Å². The first-order valence-corrected chi connectivity index (χ1v) is 35.2. The van der Waals surface area contributed by atoms with Gasteiger partial charge in [0.15, 0.2) is 6.10 Å². The number of carbonyl (C=O) groups is 3. The Hall–Kier alpha value is -1.85. The minimum absolute atomic E-state index is 0.0638. The molecule has 0 aliphatic carbocycles. The van der Waals surface area contributed by atoms with Gasteiger partial charge in [-0.25, -0.2) is 0 Å². The van der Waals surface area contributed by atoms with Crippen LogP contribution in [0, 0.1) is 0 Å². The molecule has 0 saturated heterocycles. The number of carbonyl (C=O) groups excluding carboxylic acids is 3. The number of esters is 3. The van der Waals surface area contributed by atoms with Crippen molar-refractivity contribution in [3.05, 3.63) is 12.2 Å². The summed E-state index contributed by atoms with van der Waals surface area (Å²) in [5, 5.41) is 0. The van der Waals surface area contributed by atoms with Crippen molar-refractivity contribution in [2.45, 2.75) is 412 Å². The van der Waals surface area contributed by atoms with E-state index in [9.17, 15) is 14.4 Å². The summed E-state index contributed by atoms with van der Waals surface area (Å²) in [6, 6.07) is 0. The van der Waals surface area contributed by atoms with Gasteiger partial charge in [-0.15, -0.1) is 0 Å². The summed E-state index contributed by atoms with van der Waals surface area (Å²) in [4.78, 5) is 38.4. The first-order chi connectivity index (χ1) is 38.0. The van der Waals surface area contributed by atoms with Crippen LogP contribution < -0.4 is 0 Å². The highest BCUT2D eigenvalue weighted by Gasteiger charge is 2.19. The quantitative estimate of drug-likeness (QED) is 0.0261. The highest BCUT2D eigenvalue weighted by molar-refractivity contribution is 5.71. The van der Waals surface area contributed by atoms with Crippen molar-refractivity contribution in [3.8, 4) is 0 Å². The van der Waals surface area contributed by atoms with E-state index in [4.69, 9.17) is 14.2 Å². The molecule has 0 aromatic heterocycles. The molecule has 0 N–H and O–H groups in total. The summed E-state index contributed by atoms with van der Waals surface area (Å²) in [6.07, 6.45) is 79.5. The van der Waals surface area contributed by atoms with Crippen LogP contribution in [0.25, 0.3) is 0 Å². The summed E-state index contributed by atoms with van der Waals surface area (Å²) < 4.78 is 17.0. The van der Waals surface area contributed by atoms with Crippen LogP contribution >= 0.6 is 0 Å². The van der Waals surface area contributed by atoms with E-state index in [1.807, 2.05) is 0 Å². The highest BCUT2D eigenvalue weighted by atomic mass is 16.6. The molecule has 0 radical (unpaired) electrons. The molecule has 0 spiro atoms. The molecule has 0 heterocycles. The normalized spacial score (nSPS) is 12.0. The summed E-state index contributed by atoms with van der Waals surface area (Å²) in [5.74, 6) is -0.831. The molecule has 1 atom stereocenters. The van der Waals surface area contributed by atoms with Crippen LogP contribution in [-0.4, -0.2) is 37.2 Å². The lowest BCUT2D eigenvalue weighted by Gasteiger charge is -2.18. The molecule has 0 rings (SSSR count). The topological polar surface area (TPSA) is 78.9 Å². The average Bonchev–Trinajstić information content (AvgIpc) is 3.43. The lowest BCUT2D eigenvalue weighted by atomic mass is 10.0. The molecule has 0 aliphatic rings. The first-order valence-electron chi connectivity index (χ1n) is 35.2. The average molecular weight is 1090 g/mol. The van der Waals surface area contributed by atoms with Gasteiger partial charge in [0.1, 0.15) is 13.2 Å². The van der Waals surface area contributed by atoms with Crippen LogP contribution in [0.1, 0.15) is 406 Å². The fourth-order valence-electron chi connectivity index (χ4n) is 11.0.